The van der Waals surface area contributed by atoms with Gasteiger partial charge in [-0.2, -0.15) is 0 Å². The standard InChI is InChI=1S/C49H29N3O2S/c1-3-12-30(13-4-1)49-50-39-25-27-43-46(47(39)54-49)37-24-22-33(29-44(37)53-43)51(42-20-11-18-36-35-17-8-10-21-45(35)55-48(36)42)32-23-26-41-38(28-32)34-16-7-9-19-40(34)52(41)31-14-5-2-6-15-31/h1-29H. The molecule has 0 atom stereocenters. The molecular weight excluding hydrogens is 695 g/mol. The molecule has 0 saturated heterocycles. The Morgan fingerprint density at radius 3 is 2.13 bits per heavy atom. The van der Waals surface area contributed by atoms with E-state index in [-0.39, 0.29) is 0 Å². The van der Waals surface area contributed by atoms with Gasteiger partial charge in [0, 0.05) is 60.3 Å². The zero-order valence-electron chi connectivity index (χ0n) is 29.3. The lowest BCUT2D eigenvalue weighted by Gasteiger charge is -2.26. The average Bonchev–Trinajstić information content (AvgIpc) is 4.02. The van der Waals surface area contributed by atoms with Gasteiger partial charge in [0.05, 0.1) is 26.8 Å². The minimum atomic E-state index is 0.598. The Hall–Kier alpha value is -7.15. The third kappa shape index (κ3) is 4.55. The summed E-state index contributed by atoms with van der Waals surface area (Å²) < 4.78 is 18.0. The molecular formula is C49H29N3O2S. The predicted molar refractivity (Wildman–Crippen MR) is 229 cm³/mol. The second-order valence-electron chi connectivity index (χ2n) is 13.9. The van der Waals surface area contributed by atoms with Crippen molar-refractivity contribution in [2.24, 2.45) is 0 Å². The fourth-order valence-corrected chi connectivity index (χ4v) is 9.57. The molecule has 4 heterocycles. The highest BCUT2D eigenvalue weighted by Crippen LogP contribution is 2.47. The van der Waals surface area contributed by atoms with E-state index in [1.165, 1.54) is 36.5 Å². The molecule has 55 heavy (non-hydrogen) atoms. The summed E-state index contributed by atoms with van der Waals surface area (Å²) in [5.74, 6) is 0.598. The van der Waals surface area contributed by atoms with Crippen molar-refractivity contribution >= 4 is 103 Å². The van der Waals surface area contributed by atoms with Crippen molar-refractivity contribution in [3.8, 4) is 17.1 Å². The van der Waals surface area contributed by atoms with Crippen LogP contribution in [0.5, 0.6) is 0 Å². The highest BCUT2D eigenvalue weighted by atomic mass is 32.1. The van der Waals surface area contributed by atoms with Gasteiger partial charge in [-0.1, -0.05) is 84.9 Å². The maximum atomic E-state index is 6.64. The summed E-state index contributed by atoms with van der Waals surface area (Å²) in [5.41, 5.74) is 10.7. The minimum absolute atomic E-state index is 0.598. The lowest BCUT2D eigenvalue weighted by molar-refractivity contribution is 0.622. The molecule has 12 rings (SSSR count). The molecule has 0 aliphatic rings. The van der Waals surface area contributed by atoms with E-state index in [0.717, 1.165) is 66.9 Å². The van der Waals surface area contributed by atoms with E-state index in [9.17, 15) is 0 Å². The first-order valence-electron chi connectivity index (χ1n) is 18.4. The summed E-state index contributed by atoms with van der Waals surface area (Å²) in [6.07, 6.45) is 0. The van der Waals surface area contributed by atoms with Crippen LogP contribution in [-0.4, -0.2) is 9.55 Å². The lowest BCUT2D eigenvalue weighted by atomic mass is 10.1. The molecule has 0 unspecified atom stereocenters. The molecule has 258 valence electrons. The van der Waals surface area contributed by atoms with Crippen molar-refractivity contribution in [3.63, 3.8) is 0 Å². The number of rotatable bonds is 5. The number of hydrogen-bond acceptors (Lipinski definition) is 5. The van der Waals surface area contributed by atoms with Gasteiger partial charge in [0.25, 0.3) is 0 Å². The van der Waals surface area contributed by atoms with Crippen LogP contribution >= 0.6 is 11.3 Å². The third-order valence-electron chi connectivity index (χ3n) is 10.8. The largest absolute Gasteiger partial charge is 0.456 e. The number of hydrogen-bond donors (Lipinski definition) is 0. The van der Waals surface area contributed by atoms with Crippen LogP contribution < -0.4 is 4.90 Å². The van der Waals surface area contributed by atoms with Crippen molar-refractivity contribution in [1.29, 1.82) is 0 Å². The van der Waals surface area contributed by atoms with Gasteiger partial charge in [0.1, 0.15) is 16.7 Å². The van der Waals surface area contributed by atoms with Crippen molar-refractivity contribution in [3.05, 3.63) is 176 Å². The van der Waals surface area contributed by atoms with Crippen LogP contribution in [0.2, 0.25) is 0 Å². The normalized spacial score (nSPS) is 12.0. The number of nitrogens with zero attached hydrogens (tertiary/aromatic N) is 3. The van der Waals surface area contributed by atoms with E-state index in [1.807, 2.05) is 53.8 Å². The van der Waals surface area contributed by atoms with E-state index in [0.29, 0.717) is 5.89 Å². The topological polar surface area (TPSA) is 47.3 Å². The van der Waals surface area contributed by atoms with Gasteiger partial charge in [-0.3, -0.25) is 0 Å². The van der Waals surface area contributed by atoms with Gasteiger partial charge in [-0.05, 0) is 84.9 Å². The number of thiophene rings is 1. The van der Waals surface area contributed by atoms with Crippen molar-refractivity contribution in [1.82, 2.24) is 9.55 Å². The lowest BCUT2D eigenvalue weighted by Crippen LogP contribution is -2.10. The summed E-state index contributed by atoms with van der Waals surface area (Å²) >= 11 is 1.83. The quantitative estimate of drug-likeness (QED) is 0.177. The Balaban J connectivity index is 1.10. The summed E-state index contributed by atoms with van der Waals surface area (Å²) in [5, 5.41) is 6.84. The molecule has 0 radical (unpaired) electrons. The second kappa shape index (κ2) is 11.7. The van der Waals surface area contributed by atoms with E-state index >= 15 is 0 Å². The van der Waals surface area contributed by atoms with Gasteiger partial charge in [0.2, 0.25) is 5.89 Å². The Kier molecular flexibility index (Phi) is 6.44. The van der Waals surface area contributed by atoms with Gasteiger partial charge in [0.15, 0.2) is 5.58 Å². The van der Waals surface area contributed by atoms with Crippen LogP contribution in [0.3, 0.4) is 0 Å². The maximum absolute atomic E-state index is 6.64. The SMILES string of the molecule is c1ccc(-c2nc3ccc4oc5cc(N(c6ccc7c(c6)c6ccccc6n7-c6ccccc6)c6cccc7c6sc6ccccc67)ccc5c4c3o2)cc1. The van der Waals surface area contributed by atoms with E-state index in [2.05, 4.69) is 143 Å². The van der Waals surface area contributed by atoms with Crippen molar-refractivity contribution in [2.75, 3.05) is 4.90 Å². The molecule has 0 N–H and O–H groups in total. The summed E-state index contributed by atoms with van der Waals surface area (Å²) in [4.78, 5) is 7.23. The molecule has 0 bridgehead atoms. The fourth-order valence-electron chi connectivity index (χ4n) is 8.37. The molecule has 0 fully saturated rings. The van der Waals surface area contributed by atoms with Crippen molar-refractivity contribution in [2.45, 2.75) is 0 Å². The number of fused-ring (bicyclic) bond motifs is 11. The molecule has 0 amide bonds. The Labute approximate surface area is 318 Å². The van der Waals surface area contributed by atoms with E-state index in [1.54, 1.807) is 0 Å². The van der Waals surface area contributed by atoms with Crippen LogP contribution in [0.15, 0.2) is 185 Å². The van der Waals surface area contributed by atoms with Gasteiger partial charge < -0.3 is 18.3 Å². The summed E-state index contributed by atoms with van der Waals surface area (Å²) in [6.45, 7) is 0. The van der Waals surface area contributed by atoms with E-state index in [4.69, 9.17) is 13.8 Å². The number of oxazole rings is 1. The Bertz CT molecular complexity index is 3450. The van der Waals surface area contributed by atoms with Gasteiger partial charge in [-0.25, -0.2) is 4.98 Å². The fraction of sp³-hybridized carbons (Fsp3) is 0. The van der Waals surface area contributed by atoms with Crippen LogP contribution in [0.25, 0.3) is 92.2 Å². The Morgan fingerprint density at radius 2 is 1.24 bits per heavy atom. The zero-order valence-corrected chi connectivity index (χ0v) is 30.1. The molecule has 0 saturated carbocycles. The van der Waals surface area contributed by atoms with Crippen molar-refractivity contribution < 1.29 is 8.83 Å². The number of aromatic nitrogens is 2. The zero-order chi connectivity index (χ0) is 36.0. The molecule has 4 aromatic heterocycles. The number of anilines is 3. The molecule has 0 aliphatic heterocycles. The smallest absolute Gasteiger partial charge is 0.227 e. The van der Waals surface area contributed by atoms with E-state index < -0.39 is 0 Å². The monoisotopic (exact) mass is 723 g/mol. The van der Waals surface area contributed by atoms with Gasteiger partial charge >= 0.3 is 0 Å². The van der Waals surface area contributed by atoms with Crippen LogP contribution in [0.1, 0.15) is 0 Å². The molecule has 8 aromatic carbocycles. The molecule has 5 nitrogen and oxygen atoms in total. The molecule has 0 spiro atoms. The van der Waals surface area contributed by atoms with Gasteiger partial charge in [-0.15, -0.1) is 11.3 Å². The first kappa shape index (κ1) is 30.3. The highest BCUT2D eigenvalue weighted by molar-refractivity contribution is 7.26. The summed E-state index contributed by atoms with van der Waals surface area (Å²) in [6, 6.07) is 62.0. The molecule has 6 heteroatoms. The van der Waals surface area contributed by atoms with Crippen LogP contribution in [-0.2, 0) is 0 Å². The number of furan rings is 1. The minimum Gasteiger partial charge on any atom is -0.456 e. The summed E-state index contributed by atoms with van der Waals surface area (Å²) in [7, 11) is 0. The maximum Gasteiger partial charge on any atom is 0.227 e. The first-order chi connectivity index (χ1) is 27.3. The first-order valence-corrected chi connectivity index (χ1v) is 19.2. The number of para-hydroxylation sites is 2. The predicted octanol–water partition coefficient (Wildman–Crippen LogP) is 14.3. The third-order valence-corrected chi connectivity index (χ3v) is 12.0. The molecule has 0 aliphatic carbocycles. The molecule has 12 aromatic rings. The van der Waals surface area contributed by atoms with Crippen LogP contribution in [0, 0.1) is 0 Å². The number of benzene rings is 8. The van der Waals surface area contributed by atoms with Crippen LogP contribution in [0.4, 0.5) is 17.1 Å². The highest BCUT2D eigenvalue weighted by Gasteiger charge is 2.23. The second-order valence-corrected chi connectivity index (χ2v) is 15.0. The average molecular weight is 724 g/mol. The Morgan fingerprint density at radius 1 is 0.509 bits per heavy atom.